The number of thiophene rings is 1. The van der Waals surface area contributed by atoms with Crippen LogP contribution in [-0.2, 0) is 9.53 Å². The molecule has 0 atom stereocenters. The normalized spacial score (nSPS) is 11.1. The summed E-state index contributed by atoms with van der Waals surface area (Å²) < 4.78 is 5.16. The molecule has 30 heavy (non-hydrogen) atoms. The number of hydrogen-bond acceptors (Lipinski definition) is 4. The van der Waals surface area contributed by atoms with Gasteiger partial charge < -0.3 is 10.1 Å². The molecule has 0 aliphatic heterocycles. The molecule has 0 radical (unpaired) electrons. The summed E-state index contributed by atoms with van der Waals surface area (Å²) in [4.78, 5) is 25.8. The summed E-state index contributed by atoms with van der Waals surface area (Å²) in [5.41, 5.74) is 3.54. The second kappa shape index (κ2) is 10.0. The Morgan fingerprint density at radius 2 is 1.77 bits per heavy atom. The highest BCUT2D eigenvalue weighted by Crippen LogP contribution is 2.36. The summed E-state index contributed by atoms with van der Waals surface area (Å²) in [5.74, 6) is -0.278. The van der Waals surface area contributed by atoms with Gasteiger partial charge in [0.05, 0.1) is 12.2 Å². The fourth-order valence-corrected chi connectivity index (χ4v) is 3.96. The van der Waals surface area contributed by atoms with E-state index in [0.29, 0.717) is 16.5 Å². The lowest BCUT2D eigenvalue weighted by Crippen LogP contribution is -2.11. The number of rotatable bonds is 7. The Morgan fingerprint density at radius 1 is 1.07 bits per heavy atom. The number of benzene rings is 2. The minimum absolute atomic E-state index is 0.273. The quantitative estimate of drug-likeness (QED) is 0.358. The molecule has 0 aliphatic rings. The van der Waals surface area contributed by atoms with Crippen LogP contribution in [0, 0.1) is 0 Å². The van der Waals surface area contributed by atoms with Crippen molar-refractivity contribution in [2.24, 2.45) is 0 Å². The predicted octanol–water partition coefficient (Wildman–Crippen LogP) is 6.37. The van der Waals surface area contributed by atoms with Crippen molar-refractivity contribution in [3.05, 3.63) is 83.4 Å². The second-order valence-corrected chi connectivity index (χ2v) is 8.14. The first-order valence-electron chi connectivity index (χ1n) is 9.93. The van der Waals surface area contributed by atoms with Crippen LogP contribution in [0.25, 0.3) is 16.5 Å². The third-order valence-corrected chi connectivity index (χ3v) is 5.65. The van der Waals surface area contributed by atoms with Gasteiger partial charge in [-0.1, -0.05) is 68.4 Å². The summed E-state index contributed by atoms with van der Waals surface area (Å²) in [7, 11) is 0. The highest BCUT2D eigenvalue weighted by molar-refractivity contribution is 7.20. The molecule has 5 heteroatoms. The predicted molar refractivity (Wildman–Crippen MR) is 124 cm³/mol. The zero-order valence-electron chi connectivity index (χ0n) is 17.3. The van der Waals surface area contributed by atoms with Gasteiger partial charge in [0, 0.05) is 11.0 Å². The molecule has 0 unspecified atom stereocenters. The van der Waals surface area contributed by atoms with Gasteiger partial charge in [-0.3, -0.25) is 4.79 Å². The first-order valence-corrected chi connectivity index (χ1v) is 10.7. The average Bonchev–Trinajstić information content (AvgIpc) is 3.17. The van der Waals surface area contributed by atoms with Crippen molar-refractivity contribution in [3.8, 4) is 10.4 Å². The standard InChI is InChI=1S/C25H25NO3S/c1-4-29-25(28)21-16-22(20-8-6-5-7-9-20)30-24(21)26-23(27)15-12-18-10-13-19(14-11-18)17(2)3/h5-17H,4H2,1-3H3,(H,26,27). The number of carbonyl (C=O) groups is 2. The lowest BCUT2D eigenvalue weighted by molar-refractivity contribution is -0.111. The van der Waals surface area contributed by atoms with Crippen LogP contribution in [0.4, 0.5) is 5.00 Å². The van der Waals surface area contributed by atoms with E-state index in [1.807, 2.05) is 42.5 Å². The average molecular weight is 420 g/mol. The van der Waals surface area contributed by atoms with Crippen molar-refractivity contribution in [2.75, 3.05) is 11.9 Å². The van der Waals surface area contributed by atoms with E-state index >= 15 is 0 Å². The number of hydrogen-bond donors (Lipinski definition) is 1. The Labute approximate surface area is 181 Å². The molecule has 1 aromatic heterocycles. The number of carbonyl (C=O) groups excluding carboxylic acids is 2. The maximum absolute atomic E-state index is 12.5. The van der Waals surface area contributed by atoms with Gasteiger partial charge >= 0.3 is 5.97 Å². The molecule has 0 saturated carbocycles. The molecule has 3 rings (SSSR count). The molecule has 2 aromatic carbocycles. The highest BCUT2D eigenvalue weighted by atomic mass is 32.1. The van der Waals surface area contributed by atoms with Gasteiger partial charge in [0.15, 0.2) is 0 Å². The molecule has 1 heterocycles. The molecular formula is C25H25NO3S. The highest BCUT2D eigenvalue weighted by Gasteiger charge is 2.19. The topological polar surface area (TPSA) is 55.4 Å². The third-order valence-electron chi connectivity index (χ3n) is 4.55. The Bertz CT molecular complexity index is 1030. The van der Waals surface area contributed by atoms with Crippen LogP contribution >= 0.6 is 11.3 Å². The van der Waals surface area contributed by atoms with Crippen molar-refractivity contribution in [1.29, 1.82) is 0 Å². The lowest BCUT2D eigenvalue weighted by atomic mass is 10.0. The number of amides is 1. The van der Waals surface area contributed by atoms with Gasteiger partial charge in [0.2, 0.25) is 5.91 Å². The zero-order chi connectivity index (χ0) is 21.5. The Kier molecular flexibility index (Phi) is 7.20. The van der Waals surface area contributed by atoms with E-state index in [9.17, 15) is 9.59 Å². The van der Waals surface area contributed by atoms with E-state index in [0.717, 1.165) is 16.0 Å². The zero-order valence-corrected chi connectivity index (χ0v) is 18.2. The molecule has 154 valence electrons. The Hall–Kier alpha value is -3.18. The van der Waals surface area contributed by atoms with Crippen LogP contribution in [-0.4, -0.2) is 18.5 Å². The Morgan fingerprint density at radius 3 is 2.40 bits per heavy atom. The fraction of sp³-hybridized carbons (Fsp3) is 0.200. The van der Waals surface area contributed by atoms with Gasteiger partial charge in [-0.15, -0.1) is 11.3 Å². The van der Waals surface area contributed by atoms with E-state index in [1.165, 1.54) is 23.0 Å². The van der Waals surface area contributed by atoms with Gasteiger partial charge in [-0.05, 0) is 41.7 Å². The molecule has 3 aromatic rings. The fourth-order valence-electron chi connectivity index (χ4n) is 2.91. The van der Waals surface area contributed by atoms with Crippen LogP contribution in [0.1, 0.15) is 48.2 Å². The summed E-state index contributed by atoms with van der Waals surface area (Å²) in [5, 5.41) is 3.32. The van der Waals surface area contributed by atoms with E-state index in [-0.39, 0.29) is 12.5 Å². The minimum atomic E-state index is -0.445. The van der Waals surface area contributed by atoms with E-state index in [2.05, 4.69) is 31.3 Å². The summed E-state index contributed by atoms with van der Waals surface area (Å²) in [6.45, 7) is 6.32. The van der Waals surface area contributed by atoms with Crippen LogP contribution < -0.4 is 5.32 Å². The number of anilines is 1. The van der Waals surface area contributed by atoms with Gasteiger partial charge in [-0.25, -0.2) is 4.79 Å². The third kappa shape index (κ3) is 5.45. The van der Waals surface area contributed by atoms with Crippen molar-refractivity contribution < 1.29 is 14.3 Å². The molecule has 0 saturated heterocycles. The molecule has 1 N–H and O–H groups in total. The first-order chi connectivity index (χ1) is 14.5. The molecule has 0 fully saturated rings. The molecule has 0 bridgehead atoms. The SMILES string of the molecule is CCOC(=O)c1cc(-c2ccccc2)sc1NC(=O)C=Cc1ccc(C(C)C)cc1. The largest absolute Gasteiger partial charge is 0.462 e. The molecule has 1 amide bonds. The van der Waals surface area contributed by atoms with Crippen LogP contribution in [0.15, 0.2) is 66.7 Å². The second-order valence-electron chi connectivity index (χ2n) is 7.08. The van der Waals surface area contributed by atoms with Crippen molar-refractivity contribution >= 4 is 34.3 Å². The minimum Gasteiger partial charge on any atom is -0.462 e. The van der Waals surface area contributed by atoms with Crippen LogP contribution in [0.2, 0.25) is 0 Å². The van der Waals surface area contributed by atoms with Gasteiger partial charge in [0.1, 0.15) is 5.00 Å². The van der Waals surface area contributed by atoms with E-state index in [1.54, 1.807) is 19.1 Å². The summed E-state index contributed by atoms with van der Waals surface area (Å²) in [6.07, 6.45) is 3.23. The van der Waals surface area contributed by atoms with E-state index < -0.39 is 5.97 Å². The van der Waals surface area contributed by atoms with Crippen molar-refractivity contribution in [1.82, 2.24) is 0 Å². The lowest BCUT2D eigenvalue weighted by Gasteiger charge is -2.05. The van der Waals surface area contributed by atoms with Gasteiger partial charge in [0.25, 0.3) is 0 Å². The number of esters is 1. The van der Waals surface area contributed by atoms with Crippen molar-refractivity contribution in [2.45, 2.75) is 26.7 Å². The molecule has 4 nitrogen and oxygen atoms in total. The van der Waals surface area contributed by atoms with Crippen molar-refractivity contribution in [3.63, 3.8) is 0 Å². The monoisotopic (exact) mass is 419 g/mol. The number of nitrogens with one attached hydrogen (secondary N) is 1. The maximum atomic E-state index is 12.5. The molecular weight excluding hydrogens is 394 g/mol. The molecule has 0 aliphatic carbocycles. The Balaban J connectivity index is 1.79. The maximum Gasteiger partial charge on any atom is 0.341 e. The van der Waals surface area contributed by atoms with Crippen LogP contribution in [0.3, 0.4) is 0 Å². The summed E-state index contributed by atoms with van der Waals surface area (Å²) >= 11 is 1.36. The molecule has 0 spiro atoms. The summed E-state index contributed by atoms with van der Waals surface area (Å²) in [6, 6.07) is 19.6. The smallest absolute Gasteiger partial charge is 0.341 e. The van der Waals surface area contributed by atoms with Crippen LogP contribution in [0.5, 0.6) is 0 Å². The van der Waals surface area contributed by atoms with Gasteiger partial charge in [-0.2, -0.15) is 0 Å². The van der Waals surface area contributed by atoms with E-state index in [4.69, 9.17) is 4.74 Å². The number of ether oxygens (including phenoxy) is 1. The first kappa shape index (κ1) is 21.5.